The molecule has 0 atom stereocenters. The molecule has 0 aromatic heterocycles. The number of Topliss-reactive ketones (excluding diaryl/α,β-unsaturated/α-hetero) is 2. The number of hydrogen-bond acceptors (Lipinski definition) is 2. The topological polar surface area (TPSA) is 34.1 Å². The first-order valence-electron chi connectivity index (χ1n) is 14.9. The Morgan fingerprint density at radius 1 is 0.690 bits per heavy atom. The molecule has 224 valence electrons. The van der Waals surface area contributed by atoms with Crippen LogP contribution in [-0.4, -0.2) is 11.6 Å². The van der Waals surface area contributed by atoms with Crippen LogP contribution in [0.1, 0.15) is 88.5 Å². The lowest BCUT2D eigenvalue weighted by molar-refractivity contribution is -0.116. The molecule has 0 saturated carbocycles. The average molecular weight is 565 g/mol. The third-order valence-electron chi connectivity index (χ3n) is 7.15. The van der Waals surface area contributed by atoms with Gasteiger partial charge in [-0.3, -0.25) is 9.59 Å². The molecule has 2 heteroatoms. The highest BCUT2D eigenvalue weighted by Crippen LogP contribution is 2.39. The first-order chi connectivity index (χ1) is 19.7. The summed E-state index contributed by atoms with van der Waals surface area (Å²) in [6.07, 6.45) is 34.7. The van der Waals surface area contributed by atoms with E-state index in [4.69, 9.17) is 0 Å². The summed E-state index contributed by atoms with van der Waals surface area (Å²) in [6.45, 7) is 20.5. The number of ketones is 2. The van der Waals surface area contributed by atoms with E-state index in [1.165, 1.54) is 0 Å². The van der Waals surface area contributed by atoms with Gasteiger partial charge in [0.15, 0.2) is 11.6 Å². The average Bonchev–Trinajstić information content (AvgIpc) is 2.91. The lowest BCUT2D eigenvalue weighted by atomic mass is 9.72. The molecule has 0 unspecified atom stereocenters. The van der Waals surface area contributed by atoms with Gasteiger partial charge in [0.05, 0.1) is 0 Å². The van der Waals surface area contributed by atoms with Crippen molar-refractivity contribution in [2.75, 3.05) is 0 Å². The van der Waals surface area contributed by atoms with Crippen LogP contribution in [0.25, 0.3) is 0 Å². The molecule has 0 heterocycles. The lowest BCUT2D eigenvalue weighted by Gasteiger charge is -2.32. The first-order valence-corrected chi connectivity index (χ1v) is 14.9. The monoisotopic (exact) mass is 564 g/mol. The molecule has 2 nitrogen and oxygen atoms in total. The van der Waals surface area contributed by atoms with Gasteiger partial charge in [-0.2, -0.15) is 0 Å². The Balaban J connectivity index is 2.65. The highest BCUT2D eigenvalue weighted by Gasteiger charge is 2.30. The van der Waals surface area contributed by atoms with E-state index in [0.717, 1.165) is 51.0 Å². The van der Waals surface area contributed by atoms with Crippen LogP contribution in [0.2, 0.25) is 0 Å². The highest BCUT2D eigenvalue weighted by molar-refractivity contribution is 5.97. The first kappa shape index (κ1) is 36.2. The van der Waals surface area contributed by atoms with Gasteiger partial charge in [-0.25, -0.2) is 0 Å². The van der Waals surface area contributed by atoms with Gasteiger partial charge in [-0.05, 0) is 83.9 Å². The molecule has 0 N–H and O–H groups in total. The second-order valence-corrected chi connectivity index (χ2v) is 12.0. The van der Waals surface area contributed by atoms with E-state index in [0.29, 0.717) is 12.8 Å². The molecule has 0 aliphatic heterocycles. The molecule has 0 aromatic carbocycles. The van der Waals surface area contributed by atoms with Crippen molar-refractivity contribution in [3.63, 3.8) is 0 Å². The van der Waals surface area contributed by atoms with Crippen molar-refractivity contribution in [1.82, 2.24) is 0 Å². The van der Waals surface area contributed by atoms with E-state index in [9.17, 15) is 9.59 Å². The molecule has 42 heavy (non-hydrogen) atoms. The molecule has 0 radical (unpaired) electrons. The number of allylic oxidation sites excluding steroid dienone is 24. The van der Waals surface area contributed by atoms with Crippen molar-refractivity contribution in [3.8, 4) is 0 Å². The van der Waals surface area contributed by atoms with Crippen LogP contribution in [-0.2, 0) is 9.59 Å². The van der Waals surface area contributed by atoms with Gasteiger partial charge in [0.1, 0.15) is 0 Å². The van der Waals surface area contributed by atoms with Gasteiger partial charge in [-0.15, -0.1) is 0 Å². The maximum atomic E-state index is 12.1. The molecule has 0 saturated heterocycles. The zero-order valence-electron chi connectivity index (χ0n) is 27.7. The van der Waals surface area contributed by atoms with Gasteiger partial charge in [-0.1, -0.05) is 139 Å². The SMILES string of the molecule is CC(C)=CCC(=O)/C(C)=C/C=C/C(C)=C/C=C/C(C)=C/C=C/C=C(C)/C=C/C=C(C)/C=C/C1=C(C)C(=O)CCC1(C)C. The largest absolute Gasteiger partial charge is 0.295 e. The fourth-order valence-corrected chi connectivity index (χ4v) is 4.21. The molecule has 1 aliphatic rings. The summed E-state index contributed by atoms with van der Waals surface area (Å²) >= 11 is 0. The predicted octanol–water partition coefficient (Wildman–Crippen LogP) is 11.1. The van der Waals surface area contributed by atoms with Crippen LogP contribution in [0.15, 0.2) is 142 Å². The minimum Gasteiger partial charge on any atom is -0.295 e. The maximum Gasteiger partial charge on any atom is 0.162 e. The summed E-state index contributed by atoms with van der Waals surface area (Å²) in [5.41, 5.74) is 8.59. The molecular weight excluding hydrogens is 512 g/mol. The van der Waals surface area contributed by atoms with Gasteiger partial charge < -0.3 is 0 Å². The second kappa shape index (κ2) is 18.6. The van der Waals surface area contributed by atoms with Crippen molar-refractivity contribution in [2.24, 2.45) is 5.41 Å². The standard InChI is InChI=1S/C40H52O2/c1-30(2)24-27-38(41)35(7)23-15-22-33(5)20-13-18-31(3)16-11-12-17-32(4)19-14-21-34(6)25-26-37-36(8)39(42)28-29-40(37,9)10/h11-26H,27-29H2,1-10H3/b12-11+,18-13+,19-14+,22-15+,26-25+,31-16+,32-17+,33-20+,34-21+,35-23+. The number of rotatable bonds is 13. The third kappa shape index (κ3) is 14.7. The molecule has 0 spiro atoms. The van der Waals surface area contributed by atoms with E-state index >= 15 is 0 Å². The van der Waals surface area contributed by atoms with Crippen LogP contribution in [0, 0.1) is 5.41 Å². The Morgan fingerprint density at radius 2 is 1.14 bits per heavy atom. The molecule has 1 rings (SSSR count). The zero-order valence-corrected chi connectivity index (χ0v) is 27.7. The molecule has 1 aliphatic carbocycles. The van der Waals surface area contributed by atoms with Gasteiger partial charge in [0, 0.05) is 12.8 Å². The highest BCUT2D eigenvalue weighted by atomic mass is 16.1. The summed E-state index contributed by atoms with van der Waals surface area (Å²) in [5, 5.41) is 0. The lowest BCUT2D eigenvalue weighted by Crippen LogP contribution is -2.24. The number of carbonyl (C=O) groups excluding carboxylic acids is 2. The molecule has 0 aromatic rings. The van der Waals surface area contributed by atoms with Crippen LogP contribution < -0.4 is 0 Å². The van der Waals surface area contributed by atoms with Crippen molar-refractivity contribution >= 4 is 11.6 Å². The molecule has 0 amide bonds. The summed E-state index contributed by atoms with van der Waals surface area (Å²) in [6, 6.07) is 0. The summed E-state index contributed by atoms with van der Waals surface area (Å²) in [5.74, 6) is 0.422. The normalized spacial score (nSPS) is 18.1. The van der Waals surface area contributed by atoms with Crippen molar-refractivity contribution in [1.29, 1.82) is 0 Å². The fourth-order valence-electron chi connectivity index (χ4n) is 4.21. The van der Waals surface area contributed by atoms with Gasteiger partial charge in [0.2, 0.25) is 0 Å². The van der Waals surface area contributed by atoms with Crippen LogP contribution in [0.3, 0.4) is 0 Å². The number of carbonyl (C=O) groups is 2. The minimum atomic E-state index is 0.0391. The third-order valence-corrected chi connectivity index (χ3v) is 7.15. The Labute approximate surface area is 256 Å². The molecule has 0 bridgehead atoms. The summed E-state index contributed by atoms with van der Waals surface area (Å²) in [7, 11) is 0. The van der Waals surface area contributed by atoms with E-state index < -0.39 is 0 Å². The second-order valence-electron chi connectivity index (χ2n) is 12.0. The number of hydrogen-bond donors (Lipinski definition) is 0. The van der Waals surface area contributed by atoms with E-state index in [1.807, 2.05) is 77.2 Å². The predicted molar refractivity (Wildman–Crippen MR) is 184 cm³/mol. The van der Waals surface area contributed by atoms with Crippen molar-refractivity contribution < 1.29 is 9.59 Å². The van der Waals surface area contributed by atoms with Crippen molar-refractivity contribution in [3.05, 3.63) is 142 Å². The smallest absolute Gasteiger partial charge is 0.162 e. The Bertz CT molecular complexity index is 1340. The molecule has 0 fully saturated rings. The van der Waals surface area contributed by atoms with Gasteiger partial charge >= 0.3 is 0 Å². The summed E-state index contributed by atoms with van der Waals surface area (Å²) < 4.78 is 0. The van der Waals surface area contributed by atoms with E-state index in [1.54, 1.807) is 0 Å². The van der Waals surface area contributed by atoms with Gasteiger partial charge in [0.25, 0.3) is 0 Å². The van der Waals surface area contributed by atoms with E-state index in [-0.39, 0.29) is 17.0 Å². The summed E-state index contributed by atoms with van der Waals surface area (Å²) in [4.78, 5) is 24.2. The Morgan fingerprint density at radius 3 is 1.64 bits per heavy atom. The van der Waals surface area contributed by atoms with Crippen molar-refractivity contribution in [2.45, 2.75) is 88.5 Å². The van der Waals surface area contributed by atoms with Crippen LogP contribution in [0.5, 0.6) is 0 Å². The minimum absolute atomic E-state index is 0.0391. The Kier molecular flexibility index (Phi) is 16.1. The van der Waals surface area contributed by atoms with Crippen LogP contribution in [0.4, 0.5) is 0 Å². The Hall–Kier alpha value is -3.78. The molecular formula is C40H52O2. The van der Waals surface area contributed by atoms with E-state index in [2.05, 4.69) is 89.3 Å². The van der Waals surface area contributed by atoms with Crippen LogP contribution >= 0.6 is 0 Å². The fraction of sp³-hybridized carbons (Fsp3) is 0.350. The maximum absolute atomic E-state index is 12.1. The zero-order chi connectivity index (χ0) is 31.7. The quantitative estimate of drug-likeness (QED) is 0.127.